The third kappa shape index (κ3) is 2.25. The van der Waals surface area contributed by atoms with Crippen LogP contribution >= 0.6 is 0 Å². The molecule has 1 aliphatic heterocycles. The van der Waals surface area contributed by atoms with Crippen LogP contribution in [0, 0.1) is 0 Å². The minimum Gasteiger partial charge on any atom is -0.449 e. The van der Waals surface area contributed by atoms with Crippen molar-refractivity contribution in [2.24, 2.45) is 0 Å². The van der Waals surface area contributed by atoms with Gasteiger partial charge < -0.3 is 9.47 Å². The van der Waals surface area contributed by atoms with Crippen LogP contribution in [0.1, 0.15) is 39.2 Å². The Balaban J connectivity index is 2.15. The second-order valence-corrected chi connectivity index (χ2v) is 4.49. The number of unbranched alkanes of at least 4 members (excludes halogenated alkanes) is 1. The molecule has 2 heteroatoms. The van der Waals surface area contributed by atoms with Gasteiger partial charge in [-0.3, -0.25) is 0 Å². The zero-order valence-corrected chi connectivity index (χ0v) is 9.67. The molecular formula is C13H18O2. The van der Waals surface area contributed by atoms with E-state index in [0.29, 0.717) is 0 Å². The first-order chi connectivity index (χ1) is 7.11. The van der Waals surface area contributed by atoms with Crippen LogP contribution in [0.3, 0.4) is 0 Å². The quantitative estimate of drug-likeness (QED) is 0.753. The monoisotopic (exact) mass is 206 g/mol. The van der Waals surface area contributed by atoms with Gasteiger partial charge >= 0.3 is 0 Å². The zero-order valence-electron chi connectivity index (χ0n) is 9.67. The van der Waals surface area contributed by atoms with Crippen molar-refractivity contribution in [3.8, 4) is 11.5 Å². The lowest BCUT2D eigenvalue weighted by molar-refractivity contribution is -0.0431. The van der Waals surface area contributed by atoms with Crippen LogP contribution in [0.4, 0.5) is 0 Å². The van der Waals surface area contributed by atoms with Gasteiger partial charge in [0.05, 0.1) is 0 Å². The van der Waals surface area contributed by atoms with Crippen molar-refractivity contribution in [1.29, 1.82) is 0 Å². The maximum atomic E-state index is 5.69. The molecule has 15 heavy (non-hydrogen) atoms. The maximum absolute atomic E-state index is 5.69. The van der Waals surface area contributed by atoms with Gasteiger partial charge in [-0.25, -0.2) is 0 Å². The second-order valence-electron chi connectivity index (χ2n) is 4.49. The topological polar surface area (TPSA) is 18.5 Å². The predicted molar refractivity (Wildman–Crippen MR) is 60.4 cm³/mol. The molecule has 0 spiro atoms. The molecule has 2 nitrogen and oxygen atoms in total. The van der Waals surface area contributed by atoms with Crippen LogP contribution in [0.5, 0.6) is 11.5 Å². The minimum atomic E-state index is -0.508. The van der Waals surface area contributed by atoms with Crippen LogP contribution in [-0.4, -0.2) is 5.79 Å². The molecule has 1 heterocycles. The molecule has 0 amide bonds. The third-order valence-electron chi connectivity index (χ3n) is 2.54. The first kappa shape index (κ1) is 10.3. The van der Waals surface area contributed by atoms with Gasteiger partial charge in [0.1, 0.15) is 0 Å². The number of fused-ring (bicyclic) bond motifs is 1. The summed E-state index contributed by atoms with van der Waals surface area (Å²) in [5, 5.41) is 0. The van der Waals surface area contributed by atoms with Crippen LogP contribution in [0.25, 0.3) is 0 Å². The summed E-state index contributed by atoms with van der Waals surface area (Å²) < 4.78 is 11.3. The molecule has 0 saturated heterocycles. The van der Waals surface area contributed by atoms with E-state index in [-0.39, 0.29) is 0 Å². The molecule has 1 aromatic carbocycles. The highest BCUT2D eigenvalue weighted by Gasteiger charge is 2.31. The Morgan fingerprint density at radius 2 is 1.87 bits per heavy atom. The zero-order chi connectivity index (χ0) is 10.9. The number of aryl methyl sites for hydroxylation is 1. The maximum Gasteiger partial charge on any atom is 0.246 e. The largest absolute Gasteiger partial charge is 0.449 e. The van der Waals surface area contributed by atoms with Gasteiger partial charge in [0.25, 0.3) is 0 Å². The van der Waals surface area contributed by atoms with E-state index >= 15 is 0 Å². The molecule has 1 aliphatic rings. The van der Waals surface area contributed by atoms with E-state index in [9.17, 15) is 0 Å². The first-order valence-electron chi connectivity index (χ1n) is 5.62. The van der Waals surface area contributed by atoms with Crippen LogP contribution in [0.15, 0.2) is 18.2 Å². The van der Waals surface area contributed by atoms with Crippen molar-refractivity contribution in [3.05, 3.63) is 23.8 Å². The summed E-state index contributed by atoms with van der Waals surface area (Å²) in [5.41, 5.74) is 1.33. The molecule has 0 fully saturated rings. The Morgan fingerprint density at radius 1 is 1.13 bits per heavy atom. The molecule has 0 unspecified atom stereocenters. The smallest absolute Gasteiger partial charge is 0.246 e. The van der Waals surface area contributed by atoms with E-state index in [1.54, 1.807) is 0 Å². The van der Waals surface area contributed by atoms with E-state index in [1.807, 2.05) is 19.9 Å². The fourth-order valence-electron chi connectivity index (χ4n) is 1.80. The van der Waals surface area contributed by atoms with E-state index in [2.05, 4.69) is 19.1 Å². The van der Waals surface area contributed by atoms with Crippen molar-refractivity contribution >= 4 is 0 Å². The van der Waals surface area contributed by atoms with Crippen LogP contribution in [-0.2, 0) is 6.42 Å². The number of ether oxygens (including phenoxy) is 2. The molecule has 0 aromatic heterocycles. The molecule has 0 aliphatic carbocycles. The standard InChI is InChI=1S/C13H18O2/c1-4-5-6-10-7-8-11-12(9-10)15-13(2,3)14-11/h7-9H,4-6H2,1-3H3. The summed E-state index contributed by atoms with van der Waals surface area (Å²) in [7, 11) is 0. The summed E-state index contributed by atoms with van der Waals surface area (Å²) in [6, 6.07) is 6.23. The van der Waals surface area contributed by atoms with Crippen molar-refractivity contribution in [1.82, 2.24) is 0 Å². The molecule has 0 saturated carbocycles. The van der Waals surface area contributed by atoms with E-state index in [1.165, 1.54) is 18.4 Å². The molecular weight excluding hydrogens is 188 g/mol. The fourth-order valence-corrected chi connectivity index (χ4v) is 1.80. The predicted octanol–water partition coefficient (Wildman–Crippen LogP) is 3.54. The van der Waals surface area contributed by atoms with Crippen molar-refractivity contribution in [3.63, 3.8) is 0 Å². The van der Waals surface area contributed by atoms with Gasteiger partial charge in [0.2, 0.25) is 5.79 Å². The van der Waals surface area contributed by atoms with Crippen LogP contribution < -0.4 is 9.47 Å². The Bertz CT molecular complexity index is 356. The Labute approximate surface area is 91.2 Å². The molecule has 0 radical (unpaired) electrons. The van der Waals surface area contributed by atoms with Gasteiger partial charge in [0, 0.05) is 13.8 Å². The van der Waals surface area contributed by atoms with E-state index in [4.69, 9.17) is 9.47 Å². The van der Waals surface area contributed by atoms with Gasteiger partial charge in [-0.2, -0.15) is 0 Å². The summed E-state index contributed by atoms with van der Waals surface area (Å²) in [4.78, 5) is 0. The van der Waals surface area contributed by atoms with E-state index in [0.717, 1.165) is 17.9 Å². The summed E-state index contributed by atoms with van der Waals surface area (Å²) in [6.07, 6.45) is 3.57. The number of rotatable bonds is 3. The molecule has 82 valence electrons. The van der Waals surface area contributed by atoms with Crippen LogP contribution in [0.2, 0.25) is 0 Å². The lowest BCUT2D eigenvalue weighted by Gasteiger charge is -2.16. The molecule has 1 aromatic rings. The fraction of sp³-hybridized carbons (Fsp3) is 0.538. The van der Waals surface area contributed by atoms with Crippen molar-refractivity contribution in [2.75, 3.05) is 0 Å². The first-order valence-corrected chi connectivity index (χ1v) is 5.62. The Morgan fingerprint density at radius 3 is 2.60 bits per heavy atom. The van der Waals surface area contributed by atoms with Gasteiger partial charge in [-0.15, -0.1) is 0 Å². The molecule has 2 rings (SSSR count). The second kappa shape index (κ2) is 3.76. The normalized spacial score (nSPS) is 16.7. The summed E-state index contributed by atoms with van der Waals surface area (Å²) in [6.45, 7) is 6.06. The molecule has 0 atom stereocenters. The van der Waals surface area contributed by atoms with Gasteiger partial charge in [0.15, 0.2) is 11.5 Å². The lowest BCUT2D eigenvalue weighted by atomic mass is 10.1. The number of hydrogen-bond donors (Lipinski definition) is 0. The molecule has 0 bridgehead atoms. The lowest BCUT2D eigenvalue weighted by Crippen LogP contribution is -2.29. The van der Waals surface area contributed by atoms with E-state index < -0.39 is 5.79 Å². The summed E-state index contributed by atoms with van der Waals surface area (Å²) in [5.74, 6) is 1.24. The average Bonchev–Trinajstić information content (AvgIpc) is 2.47. The average molecular weight is 206 g/mol. The molecule has 0 N–H and O–H groups in total. The summed E-state index contributed by atoms with van der Waals surface area (Å²) >= 11 is 0. The van der Waals surface area contributed by atoms with Gasteiger partial charge in [-0.1, -0.05) is 19.4 Å². The highest BCUT2D eigenvalue weighted by atomic mass is 16.7. The minimum absolute atomic E-state index is 0.508. The Kier molecular flexibility index (Phi) is 2.59. The SMILES string of the molecule is CCCCc1ccc2c(c1)OC(C)(C)O2. The highest BCUT2D eigenvalue weighted by Crippen LogP contribution is 2.39. The highest BCUT2D eigenvalue weighted by molar-refractivity contribution is 5.45. The Hall–Kier alpha value is -1.18. The van der Waals surface area contributed by atoms with Crippen molar-refractivity contribution < 1.29 is 9.47 Å². The number of hydrogen-bond acceptors (Lipinski definition) is 2. The van der Waals surface area contributed by atoms with Gasteiger partial charge in [-0.05, 0) is 30.5 Å². The van der Waals surface area contributed by atoms with Crippen molar-refractivity contribution in [2.45, 2.75) is 45.8 Å². The third-order valence-corrected chi connectivity index (χ3v) is 2.54. The number of benzene rings is 1.